The second kappa shape index (κ2) is 7.80. The molecule has 2 amide bonds. The van der Waals surface area contributed by atoms with E-state index < -0.39 is 5.82 Å². The Kier molecular flexibility index (Phi) is 5.06. The lowest BCUT2D eigenvalue weighted by molar-refractivity contribution is 0.142. The van der Waals surface area contributed by atoms with E-state index in [9.17, 15) is 9.18 Å². The summed E-state index contributed by atoms with van der Waals surface area (Å²) in [6.07, 6.45) is 2.55. The van der Waals surface area contributed by atoms with Crippen LogP contribution in [0.3, 0.4) is 0 Å². The molecule has 0 saturated carbocycles. The van der Waals surface area contributed by atoms with Crippen LogP contribution in [0.5, 0.6) is 0 Å². The Bertz CT molecular complexity index is 988. The number of para-hydroxylation sites is 1. The van der Waals surface area contributed by atoms with Crippen molar-refractivity contribution in [1.29, 1.82) is 0 Å². The van der Waals surface area contributed by atoms with Crippen LogP contribution in [-0.2, 0) is 0 Å². The topological polar surface area (TPSA) is 71.3 Å². The summed E-state index contributed by atoms with van der Waals surface area (Å²) in [7, 11) is 0. The molecule has 1 aliphatic rings. The molecule has 1 aliphatic heterocycles. The summed E-state index contributed by atoms with van der Waals surface area (Å²) in [6.45, 7) is 2.55. The summed E-state index contributed by atoms with van der Waals surface area (Å²) >= 11 is 0. The van der Waals surface area contributed by atoms with E-state index in [1.54, 1.807) is 17.0 Å². The van der Waals surface area contributed by atoms with Gasteiger partial charge in [0.25, 0.3) is 0 Å². The average molecular weight is 380 g/mol. The quantitative estimate of drug-likeness (QED) is 0.698. The van der Waals surface area contributed by atoms with Gasteiger partial charge in [0.2, 0.25) is 11.7 Å². The van der Waals surface area contributed by atoms with Gasteiger partial charge in [0.05, 0.1) is 5.69 Å². The summed E-state index contributed by atoms with van der Waals surface area (Å²) in [5.41, 5.74) is 2.13. The van der Waals surface area contributed by atoms with Crippen LogP contribution in [0, 0.1) is 12.7 Å². The van der Waals surface area contributed by atoms with Crippen molar-refractivity contribution in [3.8, 4) is 11.4 Å². The van der Waals surface area contributed by atoms with Crippen LogP contribution in [0.2, 0.25) is 0 Å². The van der Waals surface area contributed by atoms with Crippen LogP contribution in [0.4, 0.5) is 14.9 Å². The zero-order chi connectivity index (χ0) is 19.5. The molecule has 0 bridgehead atoms. The number of nitrogens with zero attached hydrogens (tertiary/aromatic N) is 3. The zero-order valence-corrected chi connectivity index (χ0v) is 15.6. The summed E-state index contributed by atoms with van der Waals surface area (Å²) in [4.78, 5) is 19.0. The van der Waals surface area contributed by atoms with Gasteiger partial charge in [0, 0.05) is 12.1 Å². The predicted octanol–water partition coefficient (Wildman–Crippen LogP) is 4.94. The van der Waals surface area contributed by atoms with Gasteiger partial charge in [-0.1, -0.05) is 41.1 Å². The number of benzene rings is 2. The Balaban J connectivity index is 1.56. The first-order valence-electron chi connectivity index (χ1n) is 9.34. The van der Waals surface area contributed by atoms with Crippen molar-refractivity contribution in [1.82, 2.24) is 15.0 Å². The van der Waals surface area contributed by atoms with Gasteiger partial charge in [-0.2, -0.15) is 4.98 Å². The second-order valence-corrected chi connectivity index (χ2v) is 6.94. The average Bonchev–Trinajstić information content (AvgIpc) is 3.20. The van der Waals surface area contributed by atoms with E-state index in [1.165, 1.54) is 12.1 Å². The van der Waals surface area contributed by atoms with Crippen LogP contribution >= 0.6 is 0 Å². The number of aromatic nitrogens is 2. The lowest BCUT2D eigenvalue weighted by atomic mass is 10.0. The number of halogens is 1. The maximum atomic E-state index is 13.9. The number of rotatable bonds is 3. The lowest BCUT2D eigenvalue weighted by Crippen LogP contribution is -2.41. The van der Waals surface area contributed by atoms with Crippen LogP contribution in [-0.4, -0.2) is 27.6 Å². The Morgan fingerprint density at radius 1 is 1.21 bits per heavy atom. The molecule has 1 unspecified atom stereocenters. The number of hydrogen-bond donors (Lipinski definition) is 1. The van der Waals surface area contributed by atoms with E-state index in [4.69, 9.17) is 4.52 Å². The first-order valence-corrected chi connectivity index (χ1v) is 9.34. The Morgan fingerprint density at radius 2 is 2.07 bits per heavy atom. The highest BCUT2D eigenvalue weighted by atomic mass is 19.1. The third-order valence-corrected chi connectivity index (χ3v) is 4.88. The zero-order valence-electron chi connectivity index (χ0n) is 15.6. The number of hydrogen-bond acceptors (Lipinski definition) is 4. The number of likely N-dealkylation sites (tertiary alicyclic amines) is 1. The molecule has 1 N–H and O–H groups in total. The minimum absolute atomic E-state index is 0.155. The number of amides is 2. The maximum Gasteiger partial charge on any atom is 0.322 e. The highest BCUT2D eigenvalue weighted by molar-refractivity contribution is 5.89. The van der Waals surface area contributed by atoms with Gasteiger partial charge in [-0.3, -0.25) is 0 Å². The van der Waals surface area contributed by atoms with Crippen LogP contribution < -0.4 is 5.32 Å². The Labute approximate surface area is 162 Å². The number of piperidine rings is 1. The minimum atomic E-state index is -0.469. The highest BCUT2D eigenvalue weighted by Crippen LogP contribution is 2.32. The molecule has 3 aromatic rings. The summed E-state index contributed by atoms with van der Waals surface area (Å²) in [5, 5.41) is 6.74. The van der Waals surface area contributed by atoms with Gasteiger partial charge in [-0.25, -0.2) is 9.18 Å². The van der Waals surface area contributed by atoms with Gasteiger partial charge in [0.15, 0.2) is 0 Å². The van der Waals surface area contributed by atoms with Crippen molar-refractivity contribution >= 4 is 11.7 Å². The number of aryl methyl sites for hydroxylation is 1. The van der Waals surface area contributed by atoms with Crippen LogP contribution in [0.1, 0.15) is 36.8 Å². The number of carbonyl (C=O) groups excluding carboxylic acids is 1. The SMILES string of the molecule is Cc1cccc(-c2noc(C3CCCCN3C(=O)Nc3ccccc3F)n2)c1. The first kappa shape index (κ1) is 18.2. The van der Waals surface area contributed by atoms with E-state index in [2.05, 4.69) is 15.5 Å². The molecular weight excluding hydrogens is 359 g/mol. The van der Waals surface area contributed by atoms with Crippen molar-refractivity contribution in [2.45, 2.75) is 32.2 Å². The molecule has 1 atom stereocenters. The lowest BCUT2D eigenvalue weighted by Gasteiger charge is -2.33. The van der Waals surface area contributed by atoms with E-state index in [1.807, 2.05) is 31.2 Å². The van der Waals surface area contributed by atoms with Crippen molar-refractivity contribution in [3.63, 3.8) is 0 Å². The molecule has 0 aliphatic carbocycles. The molecule has 144 valence electrons. The van der Waals surface area contributed by atoms with Crippen molar-refractivity contribution in [2.75, 3.05) is 11.9 Å². The maximum absolute atomic E-state index is 13.9. The molecule has 0 spiro atoms. The Hall–Kier alpha value is -3.22. The molecule has 2 heterocycles. The second-order valence-electron chi connectivity index (χ2n) is 6.94. The fraction of sp³-hybridized carbons (Fsp3) is 0.286. The number of carbonyl (C=O) groups is 1. The normalized spacial score (nSPS) is 16.8. The van der Waals surface area contributed by atoms with E-state index in [-0.39, 0.29) is 17.8 Å². The molecule has 6 nitrogen and oxygen atoms in total. The molecule has 7 heteroatoms. The third kappa shape index (κ3) is 3.74. The van der Waals surface area contributed by atoms with E-state index in [0.717, 1.165) is 30.4 Å². The van der Waals surface area contributed by atoms with E-state index in [0.29, 0.717) is 18.3 Å². The predicted molar refractivity (Wildman–Crippen MR) is 103 cm³/mol. The summed E-state index contributed by atoms with van der Waals surface area (Å²) in [6, 6.07) is 13.3. The van der Waals surface area contributed by atoms with Crippen LogP contribution in [0.25, 0.3) is 11.4 Å². The summed E-state index contributed by atoms with van der Waals surface area (Å²) < 4.78 is 19.4. The van der Waals surface area contributed by atoms with Gasteiger partial charge in [-0.05, 0) is 44.4 Å². The monoisotopic (exact) mass is 380 g/mol. The summed E-state index contributed by atoms with van der Waals surface area (Å²) in [5.74, 6) is 0.433. The fourth-order valence-corrected chi connectivity index (χ4v) is 3.45. The van der Waals surface area contributed by atoms with Crippen LogP contribution in [0.15, 0.2) is 53.1 Å². The molecule has 4 rings (SSSR count). The van der Waals surface area contributed by atoms with Gasteiger partial charge in [-0.15, -0.1) is 0 Å². The number of nitrogens with one attached hydrogen (secondary N) is 1. The van der Waals surface area contributed by atoms with E-state index >= 15 is 0 Å². The van der Waals surface area contributed by atoms with Crippen molar-refractivity contribution < 1.29 is 13.7 Å². The van der Waals surface area contributed by atoms with Gasteiger partial charge in [0.1, 0.15) is 11.9 Å². The number of anilines is 1. The standard InChI is InChI=1S/C21H21FN4O2/c1-14-7-6-8-15(13-14)19-24-20(28-25-19)18-11-4-5-12-26(18)21(27)23-17-10-3-2-9-16(17)22/h2-3,6-10,13,18H,4-5,11-12H2,1H3,(H,23,27). The molecule has 1 fully saturated rings. The van der Waals surface area contributed by atoms with Crippen molar-refractivity contribution in [2.24, 2.45) is 0 Å². The minimum Gasteiger partial charge on any atom is -0.337 e. The fourth-order valence-electron chi connectivity index (χ4n) is 3.45. The molecule has 28 heavy (non-hydrogen) atoms. The van der Waals surface area contributed by atoms with Gasteiger partial charge < -0.3 is 14.7 Å². The number of urea groups is 1. The van der Waals surface area contributed by atoms with Gasteiger partial charge >= 0.3 is 6.03 Å². The third-order valence-electron chi connectivity index (χ3n) is 4.88. The smallest absolute Gasteiger partial charge is 0.322 e. The molecule has 2 aromatic carbocycles. The molecule has 1 saturated heterocycles. The Morgan fingerprint density at radius 3 is 2.89 bits per heavy atom. The van der Waals surface area contributed by atoms with Crippen molar-refractivity contribution in [3.05, 3.63) is 65.8 Å². The molecule has 0 radical (unpaired) electrons. The first-order chi connectivity index (χ1) is 13.6. The largest absolute Gasteiger partial charge is 0.337 e. The molecular formula is C21H21FN4O2. The molecule has 1 aromatic heterocycles. The highest BCUT2D eigenvalue weighted by Gasteiger charge is 2.32.